The second-order valence-corrected chi connectivity index (χ2v) is 3.86. The SMILES string of the molecule is CC[S+]([O-])c1ccc(OC)cn1. The van der Waals surface area contributed by atoms with Crippen molar-refractivity contribution in [2.75, 3.05) is 12.9 Å². The summed E-state index contributed by atoms with van der Waals surface area (Å²) in [6.07, 6.45) is 1.57. The van der Waals surface area contributed by atoms with E-state index in [-0.39, 0.29) is 0 Å². The average molecular weight is 185 g/mol. The van der Waals surface area contributed by atoms with Crippen LogP contribution in [0.1, 0.15) is 6.92 Å². The summed E-state index contributed by atoms with van der Waals surface area (Å²) in [4.78, 5) is 4.00. The Bertz CT molecular complexity index is 237. The first-order valence-electron chi connectivity index (χ1n) is 3.66. The summed E-state index contributed by atoms with van der Waals surface area (Å²) in [5.74, 6) is 1.28. The second kappa shape index (κ2) is 4.33. The minimum absolute atomic E-state index is 0.597. The van der Waals surface area contributed by atoms with E-state index in [2.05, 4.69) is 4.98 Å². The zero-order valence-corrected chi connectivity index (χ0v) is 7.93. The molecule has 0 aliphatic carbocycles. The van der Waals surface area contributed by atoms with Gasteiger partial charge in [-0.2, -0.15) is 0 Å². The molecule has 1 rings (SSSR count). The molecule has 0 saturated carbocycles. The predicted octanol–water partition coefficient (Wildman–Crippen LogP) is 1.22. The van der Waals surface area contributed by atoms with Gasteiger partial charge in [0.25, 0.3) is 0 Å². The first-order valence-corrected chi connectivity index (χ1v) is 4.98. The first-order chi connectivity index (χ1) is 5.77. The summed E-state index contributed by atoms with van der Waals surface area (Å²) >= 11 is -0.967. The monoisotopic (exact) mass is 185 g/mol. The molecule has 12 heavy (non-hydrogen) atoms. The van der Waals surface area contributed by atoms with Gasteiger partial charge < -0.3 is 9.29 Å². The number of aromatic nitrogens is 1. The normalized spacial score (nSPS) is 12.6. The van der Waals surface area contributed by atoms with Gasteiger partial charge in [0, 0.05) is 17.2 Å². The van der Waals surface area contributed by atoms with E-state index >= 15 is 0 Å². The maximum atomic E-state index is 11.2. The van der Waals surface area contributed by atoms with E-state index in [0.717, 1.165) is 0 Å². The van der Waals surface area contributed by atoms with Crippen LogP contribution in [0.15, 0.2) is 23.4 Å². The molecule has 1 aromatic rings. The van der Waals surface area contributed by atoms with Crippen molar-refractivity contribution in [1.29, 1.82) is 0 Å². The molecular formula is C8H11NO2S. The Morgan fingerprint density at radius 3 is 2.75 bits per heavy atom. The van der Waals surface area contributed by atoms with Crippen LogP contribution in [-0.2, 0) is 11.2 Å². The van der Waals surface area contributed by atoms with Gasteiger partial charge in [0.05, 0.1) is 13.3 Å². The fourth-order valence-electron chi connectivity index (χ4n) is 0.770. The molecule has 1 heterocycles. The van der Waals surface area contributed by atoms with Crippen LogP contribution in [0.3, 0.4) is 0 Å². The van der Waals surface area contributed by atoms with Gasteiger partial charge in [0.1, 0.15) is 11.5 Å². The fourth-order valence-corrected chi connectivity index (χ4v) is 1.46. The van der Waals surface area contributed by atoms with Crippen LogP contribution in [0.25, 0.3) is 0 Å². The van der Waals surface area contributed by atoms with Gasteiger partial charge >= 0.3 is 0 Å². The Hall–Kier alpha value is -0.740. The zero-order chi connectivity index (χ0) is 8.97. The van der Waals surface area contributed by atoms with Gasteiger partial charge in [-0.15, -0.1) is 0 Å². The molecule has 0 spiro atoms. The number of nitrogens with zero attached hydrogens (tertiary/aromatic N) is 1. The predicted molar refractivity (Wildman–Crippen MR) is 47.7 cm³/mol. The van der Waals surface area contributed by atoms with Crippen molar-refractivity contribution in [2.45, 2.75) is 11.9 Å². The van der Waals surface area contributed by atoms with E-state index in [1.807, 2.05) is 6.92 Å². The molecule has 0 N–H and O–H groups in total. The van der Waals surface area contributed by atoms with Crippen molar-refractivity contribution in [1.82, 2.24) is 4.98 Å². The maximum absolute atomic E-state index is 11.2. The van der Waals surface area contributed by atoms with Crippen LogP contribution >= 0.6 is 0 Å². The lowest BCUT2D eigenvalue weighted by atomic mass is 10.5. The molecule has 1 atom stereocenters. The van der Waals surface area contributed by atoms with Gasteiger partial charge in [-0.25, -0.2) is 4.98 Å². The highest BCUT2D eigenvalue weighted by atomic mass is 32.2. The smallest absolute Gasteiger partial charge is 0.244 e. The molecule has 0 aliphatic rings. The Kier molecular flexibility index (Phi) is 3.37. The number of methoxy groups -OCH3 is 1. The zero-order valence-electron chi connectivity index (χ0n) is 7.11. The lowest BCUT2D eigenvalue weighted by Gasteiger charge is -2.06. The highest BCUT2D eigenvalue weighted by molar-refractivity contribution is 7.91. The van der Waals surface area contributed by atoms with E-state index in [1.54, 1.807) is 25.4 Å². The van der Waals surface area contributed by atoms with Gasteiger partial charge in [0.15, 0.2) is 0 Å². The number of hydrogen-bond acceptors (Lipinski definition) is 3. The third-order valence-electron chi connectivity index (χ3n) is 1.44. The minimum Gasteiger partial charge on any atom is -0.610 e. The van der Waals surface area contributed by atoms with Gasteiger partial charge in [0.2, 0.25) is 5.03 Å². The number of hydrogen-bond donors (Lipinski definition) is 0. The molecule has 1 aromatic heterocycles. The molecule has 0 radical (unpaired) electrons. The molecule has 0 aliphatic heterocycles. The molecule has 0 fully saturated rings. The Morgan fingerprint density at radius 2 is 2.33 bits per heavy atom. The van der Waals surface area contributed by atoms with Crippen LogP contribution in [0.5, 0.6) is 5.75 Å². The Morgan fingerprint density at radius 1 is 1.58 bits per heavy atom. The van der Waals surface area contributed by atoms with Gasteiger partial charge in [-0.1, -0.05) is 0 Å². The van der Waals surface area contributed by atoms with E-state index in [0.29, 0.717) is 16.5 Å². The second-order valence-electron chi connectivity index (χ2n) is 2.17. The van der Waals surface area contributed by atoms with E-state index < -0.39 is 11.2 Å². The third kappa shape index (κ3) is 2.12. The summed E-state index contributed by atoms with van der Waals surface area (Å²) < 4.78 is 16.1. The number of rotatable bonds is 3. The molecule has 0 saturated heterocycles. The van der Waals surface area contributed by atoms with Crippen molar-refractivity contribution in [2.24, 2.45) is 0 Å². The first kappa shape index (κ1) is 9.35. The number of ether oxygens (including phenoxy) is 1. The quantitative estimate of drug-likeness (QED) is 0.665. The van der Waals surface area contributed by atoms with Crippen molar-refractivity contribution >= 4 is 11.2 Å². The molecule has 0 aromatic carbocycles. The summed E-state index contributed by atoms with van der Waals surface area (Å²) in [6.45, 7) is 1.86. The van der Waals surface area contributed by atoms with Gasteiger partial charge in [-0.05, 0) is 13.0 Å². The minimum atomic E-state index is -0.967. The van der Waals surface area contributed by atoms with Crippen LogP contribution in [0, 0.1) is 0 Å². The summed E-state index contributed by atoms with van der Waals surface area (Å²) in [5, 5.41) is 0.610. The molecule has 66 valence electrons. The van der Waals surface area contributed by atoms with Crippen molar-refractivity contribution < 1.29 is 9.29 Å². The molecule has 1 unspecified atom stereocenters. The van der Waals surface area contributed by atoms with Crippen LogP contribution < -0.4 is 4.74 Å². The van der Waals surface area contributed by atoms with Crippen LogP contribution in [0.2, 0.25) is 0 Å². The van der Waals surface area contributed by atoms with Crippen molar-refractivity contribution in [3.63, 3.8) is 0 Å². The molecule has 3 nitrogen and oxygen atoms in total. The standard InChI is InChI=1S/C8H11NO2S/c1-3-12(10)8-5-4-7(11-2)6-9-8/h4-6H,3H2,1-2H3. The summed E-state index contributed by atoms with van der Waals surface area (Å²) in [6, 6.07) is 3.48. The molecular weight excluding hydrogens is 174 g/mol. The largest absolute Gasteiger partial charge is 0.610 e. The van der Waals surface area contributed by atoms with E-state index in [9.17, 15) is 4.55 Å². The summed E-state index contributed by atoms with van der Waals surface area (Å²) in [5.41, 5.74) is 0. The Balaban J connectivity index is 2.77. The molecule has 0 amide bonds. The van der Waals surface area contributed by atoms with Crippen molar-refractivity contribution in [3.8, 4) is 5.75 Å². The lowest BCUT2D eigenvalue weighted by molar-refractivity contribution is 0.412. The van der Waals surface area contributed by atoms with Crippen LogP contribution in [0.4, 0.5) is 0 Å². The topological polar surface area (TPSA) is 45.2 Å². The molecule has 0 bridgehead atoms. The average Bonchev–Trinajstić information content (AvgIpc) is 2.17. The summed E-state index contributed by atoms with van der Waals surface area (Å²) in [7, 11) is 1.58. The van der Waals surface area contributed by atoms with E-state index in [4.69, 9.17) is 4.74 Å². The number of pyridine rings is 1. The highest BCUT2D eigenvalue weighted by Crippen LogP contribution is 2.12. The fraction of sp³-hybridized carbons (Fsp3) is 0.375. The highest BCUT2D eigenvalue weighted by Gasteiger charge is 2.08. The Labute approximate surface area is 75.0 Å². The van der Waals surface area contributed by atoms with Gasteiger partial charge in [-0.3, -0.25) is 0 Å². The maximum Gasteiger partial charge on any atom is 0.244 e. The lowest BCUT2D eigenvalue weighted by Crippen LogP contribution is -2.05. The molecule has 4 heteroatoms. The van der Waals surface area contributed by atoms with E-state index in [1.165, 1.54) is 0 Å². The van der Waals surface area contributed by atoms with Crippen LogP contribution in [-0.4, -0.2) is 22.4 Å². The third-order valence-corrected chi connectivity index (χ3v) is 2.67. The van der Waals surface area contributed by atoms with Crippen molar-refractivity contribution in [3.05, 3.63) is 18.3 Å².